The molecular formula is C47H84AlF10N. The van der Waals surface area contributed by atoms with Gasteiger partial charge >= 0.3 is 12.2 Å². The van der Waals surface area contributed by atoms with Crippen molar-refractivity contribution in [2.24, 2.45) is 23.7 Å². The van der Waals surface area contributed by atoms with E-state index in [-0.39, 0.29) is 0 Å². The number of unbranched alkanes of at least 4 members (excludes halogenated alkanes) is 4. The lowest BCUT2D eigenvalue weighted by Crippen LogP contribution is -3.17. The number of rotatable bonds is 32. The molecule has 0 saturated heterocycles. The molecular weight excluding hydrogens is 795 g/mol. The average Bonchev–Trinajstić information content (AvgIpc) is 3.21. The highest BCUT2D eigenvalue weighted by atomic mass is 27.2. The zero-order chi connectivity index (χ0) is 45.2. The van der Waals surface area contributed by atoms with Crippen molar-refractivity contribution < 1.29 is 48.8 Å². The maximum Gasteiger partial charge on any atom is 0.515 e. The monoisotopic (exact) mass is 880 g/mol. The molecule has 5 atom stereocenters. The quantitative estimate of drug-likeness (QED) is 0.0242. The van der Waals surface area contributed by atoms with Gasteiger partial charge in [-0.3, -0.25) is 0 Å². The summed E-state index contributed by atoms with van der Waals surface area (Å²) in [7, 11) is 0. The Balaban J connectivity index is 0.00000129. The molecule has 12 heteroatoms. The number of halogens is 10. The molecule has 59 heavy (non-hydrogen) atoms. The second-order valence-corrected chi connectivity index (χ2v) is 23.7. The van der Waals surface area contributed by atoms with Crippen LogP contribution >= 0.6 is 0 Å². The molecule has 0 radical (unpaired) electrons. The largest absolute Gasteiger partial charge is 0.515 e. The van der Waals surface area contributed by atoms with Crippen LogP contribution in [-0.4, -0.2) is 31.8 Å². The molecule has 350 valence electrons. The molecule has 1 rings (SSSR count). The lowest BCUT2D eigenvalue weighted by atomic mass is 9.96. The fraction of sp³-hybridized carbons (Fsp3) is 0.872. The molecule has 5 unspecified atom stereocenters. The van der Waals surface area contributed by atoms with E-state index in [1.54, 1.807) is 46.8 Å². The first-order valence-corrected chi connectivity index (χ1v) is 27.2. The van der Waals surface area contributed by atoms with E-state index in [0.29, 0.717) is 0 Å². The van der Waals surface area contributed by atoms with Gasteiger partial charge in [0.15, 0.2) is 0 Å². The van der Waals surface area contributed by atoms with Crippen molar-refractivity contribution in [3.63, 3.8) is 0 Å². The molecule has 0 aliphatic heterocycles. The molecule has 1 aromatic rings. The van der Waals surface area contributed by atoms with E-state index >= 15 is 0 Å². The standard InChI is InChI=1S/C11H7F10N.4C9H19.Al/c1-2-3-22(11(20,21)10(17,18)19)9-7(15)5(13)4(12)6(14)8(9)16;4*1-4-7-8-9(5-2)6-3;/h2-3H2,1H3;4*9H,2,4-8H2,1,3H3;/q;;;;;-1/p+1. The number of hydrogen-bond acceptors (Lipinski definition) is 0. The van der Waals surface area contributed by atoms with E-state index < -0.39 is 77.9 Å². The summed E-state index contributed by atoms with van der Waals surface area (Å²) in [5.74, 6) is -9.29. The van der Waals surface area contributed by atoms with Gasteiger partial charge in [0.25, 0.3) is 0 Å². The molecule has 0 saturated carbocycles. The lowest BCUT2D eigenvalue weighted by Gasteiger charge is -2.41. The molecule has 0 spiro atoms. The Kier molecular flexibility index (Phi) is 30.4. The summed E-state index contributed by atoms with van der Waals surface area (Å²) in [4.78, 5) is -2.21. The van der Waals surface area contributed by atoms with Crippen LogP contribution in [0.2, 0.25) is 21.1 Å². The van der Waals surface area contributed by atoms with Gasteiger partial charge in [0.2, 0.25) is 34.8 Å². The maximum atomic E-state index is 13.5. The van der Waals surface area contributed by atoms with Gasteiger partial charge in [0.05, 0.1) is 6.54 Å². The topological polar surface area (TPSA) is 4.44 Å². The average molecular weight is 880 g/mol. The summed E-state index contributed by atoms with van der Waals surface area (Å²) in [5.41, 5.74) is -2.25. The van der Waals surface area contributed by atoms with Gasteiger partial charge in [0, 0.05) is 0 Å². The Hall–Kier alpha value is -0.988. The molecule has 1 N–H and O–H groups in total. The van der Waals surface area contributed by atoms with Crippen LogP contribution in [0.4, 0.5) is 49.6 Å². The van der Waals surface area contributed by atoms with Gasteiger partial charge in [0.1, 0.15) is 13.1 Å². The van der Waals surface area contributed by atoms with Crippen molar-refractivity contribution in [1.29, 1.82) is 0 Å². The third kappa shape index (κ3) is 19.9. The van der Waals surface area contributed by atoms with Crippen molar-refractivity contribution in [3.8, 4) is 0 Å². The van der Waals surface area contributed by atoms with Gasteiger partial charge in [-0.1, -0.05) is 191 Å². The Bertz CT molecular complexity index is 1110. The fourth-order valence-corrected chi connectivity index (χ4v) is 15.6. The van der Waals surface area contributed by atoms with Crippen LogP contribution in [0.5, 0.6) is 0 Å². The SMILES string of the molecule is CCCCC(CC)C[CH2][Al-]([CH2]CC(CC)CCCC)([CH2]CC(CC)CCCC)[CH2]CC(CC)CCCC.CCC[NH+](c1c(F)c(F)c(F)c(F)c1F)C(F)(F)C(F)(F)F. The normalized spacial score (nSPS) is 15.9. The van der Waals surface area contributed by atoms with E-state index in [0.717, 1.165) is 30.6 Å². The smallest absolute Gasteiger partial charge is 0.228 e. The number of nitrogens with one attached hydrogen (secondary N) is 1. The Morgan fingerprint density at radius 1 is 0.407 bits per heavy atom. The van der Waals surface area contributed by atoms with Gasteiger partial charge in [-0.2, -0.15) is 43.1 Å². The van der Waals surface area contributed by atoms with Crippen molar-refractivity contribution >= 4 is 18.8 Å². The number of alkyl halides is 5. The van der Waals surface area contributed by atoms with E-state index in [4.69, 9.17) is 0 Å². The minimum atomic E-state index is -6.25. The minimum absolute atomic E-state index is 0.444. The van der Waals surface area contributed by atoms with Gasteiger partial charge in [-0.25, -0.2) is 18.1 Å². The second kappa shape index (κ2) is 31.0. The molecule has 0 fully saturated rings. The summed E-state index contributed by atoms with van der Waals surface area (Å²) >= 11 is -1.64. The van der Waals surface area contributed by atoms with E-state index in [9.17, 15) is 43.9 Å². The van der Waals surface area contributed by atoms with Crippen molar-refractivity contribution in [3.05, 3.63) is 29.1 Å². The second-order valence-electron chi connectivity index (χ2n) is 18.0. The molecule has 0 amide bonds. The maximum absolute atomic E-state index is 13.5. The van der Waals surface area contributed by atoms with Crippen molar-refractivity contribution in [2.45, 2.75) is 231 Å². The Labute approximate surface area is 356 Å². The first-order valence-electron chi connectivity index (χ1n) is 23.9. The molecule has 1 aromatic carbocycles. The van der Waals surface area contributed by atoms with Crippen LogP contribution in [0.25, 0.3) is 0 Å². The van der Waals surface area contributed by atoms with Crippen molar-refractivity contribution in [2.75, 3.05) is 6.54 Å². The highest BCUT2D eigenvalue weighted by Gasteiger charge is 2.68. The first kappa shape index (κ1) is 58.0. The Morgan fingerprint density at radius 3 is 0.898 bits per heavy atom. The summed E-state index contributed by atoms with van der Waals surface area (Å²) < 4.78 is 130. The van der Waals surface area contributed by atoms with Crippen LogP contribution in [0, 0.1) is 52.8 Å². The Morgan fingerprint density at radius 2 is 0.678 bits per heavy atom. The molecule has 1 nitrogen and oxygen atoms in total. The highest BCUT2D eigenvalue weighted by molar-refractivity contribution is 6.79. The first-order chi connectivity index (χ1) is 27.8. The fourth-order valence-electron chi connectivity index (χ4n) is 9.13. The van der Waals surface area contributed by atoms with Crippen LogP contribution in [0.3, 0.4) is 0 Å². The van der Waals surface area contributed by atoms with Gasteiger partial charge < -0.3 is 0 Å². The third-order valence-electron chi connectivity index (χ3n) is 13.7. The molecule has 0 aliphatic rings. The number of hydrogen-bond donors (Lipinski definition) is 1. The van der Waals surface area contributed by atoms with Crippen LogP contribution in [0.1, 0.15) is 197 Å². The summed E-state index contributed by atoms with van der Waals surface area (Å²) in [6.07, 6.45) is 22.6. The van der Waals surface area contributed by atoms with E-state index in [2.05, 4.69) is 55.4 Å². The lowest BCUT2D eigenvalue weighted by molar-refractivity contribution is -0.951. The number of quaternary nitrogens is 1. The van der Waals surface area contributed by atoms with Crippen LogP contribution in [0.15, 0.2) is 0 Å². The van der Waals surface area contributed by atoms with E-state index in [1.165, 1.54) is 103 Å². The summed E-state index contributed by atoms with van der Waals surface area (Å²) in [6, 6.07) is -5.75. The van der Waals surface area contributed by atoms with Crippen LogP contribution in [-0.2, 0) is 0 Å². The van der Waals surface area contributed by atoms with Crippen LogP contribution < -0.4 is 4.90 Å². The molecule has 0 aliphatic carbocycles. The summed E-state index contributed by atoms with van der Waals surface area (Å²) in [5, 5.41) is 6.75. The van der Waals surface area contributed by atoms with E-state index in [1.807, 2.05) is 0 Å². The molecule has 0 aromatic heterocycles. The molecule has 0 bridgehead atoms. The highest BCUT2D eigenvalue weighted by Crippen LogP contribution is 2.40. The predicted octanol–water partition coefficient (Wildman–Crippen LogP) is 17.3. The zero-order valence-corrected chi connectivity index (χ0v) is 39.7. The molecule has 0 heterocycles. The summed E-state index contributed by atoms with van der Waals surface area (Å²) in [6.45, 7) is 19.4. The van der Waals surface area contributed by atoms with Gasteiger partial charge in [-0.15, -0.1) is 8.78 Å². The minimum Gasteiger partial charge on any atom is -0.228 e. The third-order valence-corrected chi connectivity index (χ3v) is 19.9. The predicted molar refractivity (Wildman–Crippen MR) is 230 cm³/mol. The number of benzene rings is 1. The zero-order valence-electron chi connectivity index (χ0n) is 38.6. The van der Waals surface area contributed by atoms with Gasteiger partial charge in [-0.05, 0) is 30.1 Å². The van der Waals surface area contributed by atoms with Crippen molar-refractivity contribution in [1.82, 2.24) is 0 Å².